The predicted octanol–water partition coefficient (Wildman–Crippen LogP) is -0.632. The van der Waals surface area contributed by atoms with E-state index in [0.717, 1.165) is 4.48 Å². The van der Waals surface area contributed by atoms with Crippen LogP contribution in [-0.4, -0.2) is 70.0 Å². The number of carboxylic acid groups (broad SMARTS) is 2. The zero-order valence-corrected chi connectivity index (χ0v) is 12.7. The first-order valence-electron chi connectivity index (χ1n) is 5.92. The molecule has 0 unspecified atom stereocenters. The fourth-order valence-electron chi connectivity index (χ4n) is 0.671. The molecule has 0 fully saturated rings. The summed E-state index contributed by atoms with van der Waals surface area (Å²) in [6, 6.07) is 0. The molecule has 0 rings (SSSR count). The first kappa shape index (κ1) is 21.5. The number of quaternary nitrogens is 2. The van der Waals surface area contributed by atoms with Crippen molar-refractivity contribution in [3.8, 4) is 0 Å². The SMILES string of the molecule is CC[N+](C)(CC)CC.C[N+](C)(C)C.O=C([O-])[O-]. The highest BCUT2D eigenvalue weighted by atomic mass is 16.6. The van der Waals surface area contributed by atoms with Gasteiger partial charge in [0, 0.05) is 0 Å². The first-order valence-corrected chi connectivity index (χ1v) is 5.92. The monoisotopic (exact) mass is 250 g/mol. The number of carbonyl (C=O) groups excluding carboxylic acids is 1. The van der Waals surface area contributed by atoms with E-state index in [1.54, 1.807) is 0 Å². The molecule has 5 heteroatoms. The van der Waals surface area contributed by atoms with E-state index in [1.165, 1.54) is 24.1 Å². The van der Waals surface area contributed by atoms with Gasteiger partial charge in [0.15, 0.2) is 0 Å². The minimum atomic E-state index is -2.33. The Bertz CT molecular complexity index is 166. The summed E-state index contributed by atoms with van der Waals surface area (Å²) in [4.78, 5) is 8.33. The molecule has 0 N–H and O–H groups in total. The molecule has 106 valence electrons. The molecule has 0 aromatic carbocycles. The number of hydrogen-bond acceptors (Lipinski definition) is 3. The molecule has 0 radical (unpaired) electrons. The zero-order valence-electron chi connectivity index (χ0n) is 12.7. The molecule has 0 heterocycles. The third kappa shape index (κ3) is 39.4. The second-order valence-electron chi connectivity index (χ2n) is 5.50. The standard InChI is InChI=1S/C7H18N.C4H12N.CH2O3/c1-5-8(4,6-2)7-3;1-5(2,3)4;2-1(3)4/h5-7H2,1-4H3;1-4H3;(H2,2,3,4)/q2*+1;/p-2. The van der Waals surface area contributed by atoms with Gasteiger partial charge < -0.3 is 24.0 Å². The van der Waals surface area contributed by atoms with Crippen LogP contribution in [0.4, 0.5) is 4.79 Å². The van der Waals surface area contributed by atoms with Gasteiger partial charge in [-0.25, -0.2) is 0 Å². The van der Waals surface area contributed by atoms with Crippen LogP contribution in [0.5, 0.6) is 0 Å². The van der Waals surface area contributed by atoms with Gasteiger partial charge in [0.05, 0.1) is 54.9 Å². The summed E-state index contributed by atoms with van der Waals surface area (Å²) < 4.78 is 2.21. The van der Waals surface area contributed by atoms with E-state index >= 15 is 0 Å². The Morgan fingerprint density at radius 1 is 0.824 bits per heavy atom. The van der Waals surface area contributed by atoms with Gasteiger partial charge in [0.25, 0.3) is 0 Å². The minimum absolute atomic E-state index is 1.00. The molecule has 0 aliphatic heterocycles. The second kappa shape index (κ2) is 10.4. The molecular weight excluding hydrogens is 220 g/mol. The van der Waals surface area contributed by atoms with E-state index in [0.29, 0.717) is 0 Å². The van der Waals surface area contributed by atoms with Crippen molar-refractivity contribution in [2.45, 2.75) is 20.8 Å². The molecule has 17 heavy (non-hydrogen) atoms. The smallest absolute Gasteiger partial charge is 0.0755 e. The summed E-state index contributed by atoms with van der Waals surface area (Å²) >= 11 is 0. The molecule has 0 saturated carbocycles. The topological polar surface area (TPSA) is 63.2 Å². The molecule has 5 nitrogen and oxygen atoms in total. The lowest BCUT2D eigenvalue weighted by atomic mass is 10.4. The molecule has 0 atom stereocenters. The maximum atomic E-state index is 8.33. The Balaban J connectivity index is -0.000000188. The largest absolute Gasteiger partial charge is 0.652 e. The second-order valence-corrected chi connectivity index (χ2v) is 5.50. The van der Waals surface area contributed by atoms with Crippen LogP contribution in [0.2, 0.25) is 0 Å². The molecule has 0 aliphatic carbocycles. The van der Waals surface area contributed by atoms with Crippen molar-refractivity contribution in [1.82, 2.24) is 0 Å². The lowest BCUT2D eigenvalue weighted by Crippen LogP contribution is -2.42. The quantitative estimate of drug-likeness (QED) is 0.626. The summed E-state index contributed by atoms with van der Waals surface area (Å²) in [5.41, 5.74) is 0. The van der Waals surface area contributed by atoms with E-state index in [-0.39, 0.29) is 0 Å². The molecule has 0 aromatic heterocycles. The van der Waals surface area contributed by atoms with E-state index < -0.39 is 6.16 Å². The van der Waals surface area contributed by atoms with Gasteiger partial charge >= 0.3 is 0 Å². The van der Waals surface area contributed by atoms with Crippen LogP contribution in [0.15, 0.2) is 0 Å². The third-order valence-corrected chi connectivity index (χ3v) is 2.29. The Hall–Kier alpha value is -0.810. The summed E-state index contributed by atoms with van der Waals surface area (Å²) in [7, 11) is 10.8. The lowest BCUT2D eigenvalue weighted by molar-refractivity contribution is -0.904. The molecule has 0 bridgehead atoms. The fourth-order valence-corrected chi connectivity index (χ4v) is 0.671. The van der Waals surface area contributed by atoms with Gasteiger partial charge in [0.1, 0.15) is 0 Å². The third-order valence-electron chi connectivity index (χ3n) is 2.29. The highest BCUT2D eigenvalue weighted by Crippen LogP contribution is 1.97. The van der Waals surface area contributed by atoms with Gasteiger partial charge in [-0.2, -0.15) is 0 Å². The maximum absolute atomic E-state index is 8.33. The highest BCUT2D eigenvalue weighted by Gasteiger charge is 2.10. The van der Waals surface area contributed by atoms with Crippen LogP contribution < -0.4 is 10.2 Å². The molecule has 0 spiro atoms. The van der Waals surface area contributed by atoms with Crippen LogP contribution in [0.25, 0.3) is 0 Å². The summed E-state index contributed by atoms with van der Waals surface area (Å²) in [5, 5.41) is 16.7. The Kier molecular flexibility index (Phi) is 13.1. The molecule has 0 aromatic rings. The first-order chi connectivity index (χ1) is 7.41. The van der Waals surface area contributed by atoms with Crippen molar-refractivity contribution >= 4 is 6.16 Å². The molecule has 0 amide bonds. The van der Waals surface area contributed by atoms with Crippen molar-refractivity contribution in [3.63, 3.8) is 0 Å². The Morgan fingerprint density at radius 2 is 0.941 bits per heavy atom. The minimum Gasteiger partial charge on any atom is -0.652 e. The average molecular weight is 250 g/mol. The number of rotatable bonds is 3. The molecule has 0 aliphatic rings. The van der Waals surface area contributed by atoms with Crippen LogP contribution in [0, 0.1) is 0 Å². The van der Waals surface area contributed by atoms with Crippen LogP contribution in [0.1, 0.15) is 20.8 Å². The number of nitrogens with zero attached hydrogens (tertiary/aromatic N) is 2. The van der Waals surface area contributed by atoms with Crippen LogP contribution in [-0.2, 0) is 0 Å². The summed E-state index contributed by atoms with van der Waals surface area (Å²) in [6.07, 6.45) is -2.33. The van der Waals surface area contributed by atoms with Crippen molar-refractivity contribution in [1.29, 1.82) is 0 Å². The number of hydrogen-bond donors (Lipinski definition) is 0. The fraction of sp³-hybridized carbons (Fsp3) is 0.917. The molecule has 0 saturated heterocycles. The van der Waals surface area contributed by atoms with Crippen molar-refractivity contribution < 1.29 is 24.0 Å². The zero-order chi connectivity index (χ0) is 14.7. The predicted molar refractivity (Wildman–Crippen MR) is 67.2 cm³/mol. The average Bonchev–Trinajstić information content (AvgIpc) is 2.13. The van der Waals surface area contributed by atoms with Crippen LogP contribution >= 0.6 is 0 Å². The van der Waals surface area contributed by atoms with Gasteiger partial charge in [-0.1, -0.05) is 0 Å². The lowest BCUT2D eigenvalue weighted by Gasteiger charge is -2.30. The normalized spacial score (nSPS) is 10.6. The van der Waals surface area contributed by atoms with Gasteiger partial charge in [-0.05, 0) is 26.9 Å². The van der Waals surface area contributed by atoms with Gasteiger partial charge in [0.2, 0.25) is 0 Å². The van der Waals surface area contributed by atoms with Crippen molar-refractivity contribution in [2.75, 3.05) is 54.9 Å². The van der Waals surface area contributed by atoms with E-state index in [2.05, 4.69) is 56.0 Å². The number of carbonyl (C=O) groups is 1. The van der Waals surface area contributed by atoms with E-state index in [9.17, 15) is 0 Å². The Morgan fingerprint density at radius 3 is 0.941 bits per heavy atom. The van der Waals surface area contributed by atoms with Gasteiger partial charge in [-0.3, -0.25) is 0 Å². The molecular formula is C12H30N2O3. The maximum Gasteiger partial charge on any atom is 0.0755 e. The summed E-state index contributed by atoms with van der Waals surface area (Å²) in [5.74, 6) is 0. The van der Waals surface area contributed by atoms with E-state index in [1.807, 2.05) is 0 Å². The highest BCUT2D eigenvalue weighted by molar-refractivity contribution is 5.47. The van der Waals surface area contributed by atoms with Gasteiger partial charge in [-0.15, -0.1) is 0 Å². The van der Waals surface area contributed by atoms with E-state index in [4.69, 9.17) is 15.0 Å². The van der Waals surface area contributed by atoms with Crippen LogP contribution in [0.3, 0.4) is 0 Å². The van der Waals surface area contributed by atoms with Crippen molar-refractivity contribution in [2.24, 2.45) is 0 Å². The Labute approximate surface area is 106 Å². The van der Waals surface area contributed by atoms with Crippen molar-refractivity contribution in [3.05, 3.63) is 0 Å². The summed E-state index contributed by atoms with van der Waals surface area (Å²) in [6.45, 7) is 10.5.